The second-order valence-electron chi connectivity index (χ2n) is 5.54. The third kappa shape index (κ3) is 2.65. The molecule has 0 saturated heterocycles. The number of ether oxygens (including phenoxy) is 1. The van der Waals surface area contributed by atoms with E-state index < -0.39 is 15.8 Å². The maximum atomic E-state index is 13.3. The first kappa shape index (κ1) is 16.4. The molecule has 3 rings (SSSR count). The van der Waals surface area contributed by atoms with Crippen LogP contribution in [0.3, 0.4) is 0 Å². The highest BCUT2D eigenvalue weighted by Crippen LogP contribution is 2.35. The van der Waals surface area contributed by atoms with Gasteiger partial charge in [-0.25, -0.2) is 12.8 Å². The SMILES string of the molecule is COc1ccc2c(c1)N(S(=O)(=O)c1ccc(F)cc1C)CCC2=O. The van der Waals surface area contributed by atoms with Gasteiger partial charge in [-0.15, -0.1) is 0 Å². The van der Waals surface area contributed by atoms with Gasteiger partial charge in [-0.1, -0.05) is 0 Å². The monoisotopic (exact) mass is 349 g/mol. The number of anilines is 1. The summed E-state index contributed by atoms with van der Waals surface area (Å²) in [4.78, 5) is 12.1. The van der Waals surface area contributed by atoms with Gasteiger partial charge in [0.05, 0.1) is 17.7 Å². The van der Waals surface area contributed by atoms with Crippen LogP contribution < -0.4 is 9.04 Å². The van der Waals surface area contributed by atoms with Crippen LogP contribution in [0.25, 0.3) is 0 Å². The van der Waals surface area contributed by atoms with Gasteiger partial charge in [0.15, 0.2) is 5.78 Å². The van der Waals surface area contributed by atoms with Crippen LogP contribution in [0.1, 0.15) is 22.3 Å². The van der Waals surface area contributed by atoms with E-state index in [9.17, 15) is 17.6 Å². The number of hydrogen-bond acceptors (Lipinski definition) is 4. The molecule has 7 heteroatoms. The summed E-state index contributed by atoms with van der Waals surface area (Å²) in [7, 11) is -2.44. The minimum absolute atomic E-state index is 0.0204. The first-order valence-electron chi connectivity index (χ1n) is 7.34. The predicted octanol–water partition coefficient (Wildman–Crippen LogP) is 2.92. The Morgan fingerprint density at radius 3 is 2.58 bits per heavy atom. The van der Waals surface area contributed by atoms with Gasteiger partial charge in [-0.3, -0.25) is 9.10 Å². The Hall–Kier alpha value is -2.41. The number of carbonyl (C=O) groups excluding carboxylic acids is 1. The highest BCUT2D eigenvalue weighted by molar-refractivity contribution is 7.92. The van der Waals surface area contributed by atoms with Crippen LogP contribution in [0, 0.1) is 12.7 Å². The van der Waals surface area contributed by atoms with Gasteiger partial charge in [0.1, 0.15) is 11.6 Å². The molecule has 0 aromatic heterocycles. The Kier molecular flexibility index (Phi) is 4.04. The lowest BCUT2D eigenvalue weighted by Crippen LogP contribution is -2.37. The Morgan fingerprint density at radius 1 is 1.17 bits per heavy atom. The molecule has 2 aromatic rings. The van der Waals surface area contributed by atoms with Crippen LogP contribution in [-0.4, -0.2) is 27.9 Å². The first-order chi connectivity index (χ1) is 11.3. The lowest BCUT2D eigenvalue weighted by molar-refractivity contribution is 0.0982. The summed E-state index contributed by atoms with van der Waals surface area (Å²) in [5.74, 6) is -0.156. The van der Waals surface area contributed by atoms with Crippen molar-refractivity contribution in [3.63, 3.8) is 0 Å². The Balaban J connectivity index is 2.16. The lowest BCUT2D eigenvalue weighted by atomic mass is 10.0. The molecule has 0 fully saturated rings. The van der Waals surface area contributed by atoms with E-state index in [1.165, 1.54) is 36.5 Å². The van der Waals surface area contributed by atoms with E-state index >= 15 is 0 Å². The van der Waals surface area contributed by atoms with Crippen molar-refractivity contribution in [3.8, 4) is 5.75 Å². The van der Waals surface area contributed by atoms with Crippen LogP contribution in [-0.2, 0) is 10.0 Å². The largest absolute Gasteiger partial charge is 0.497 e. The number of fused-ring (bicyclic) bond motifs is 1. The molecule has 0 atom stereocenters. The van der Waals surface area contributed by atoms with Gasteiger partial charge in [-0.05, 0) is 42.8 Å². The minimum atomic E-state index is -3.91. The highest BCUT2D eigenvalue weighted by Gasteiger charge is 2.33. The number of ketones is 1. The molecular formula is C17H16FNO4S. The van der Waals surface area contributed by atoms with Crippen molar-refractivity contribution in [1.82, 2.24) is 0 Å². The Labute approximate surface area is 139 Å². The molecule has 0 bridgehead atoms. The minimum Gasteiger partial charge on any atom is -0.497 e. The molecule has 0 N–H and O–H groups in total. The number of carbonyl (C=O) groups is 1. The number of benzene rings is 2. The molecule has 24 heavy (non-hydrogen) atoms. The van der Waals surface area contributed by atoms with Crippen LogP contribution >= 0.6 is 0 Å². The van der Waals surface area contributed by atoms with Crippen molar-refractivity contribution < 1.29 is 22.3 Å². The van der Waals surface area contributed by atoms with Gasteiger partial charge in [0.2, 0.25) is 0 Å². The number of sulfonamides is 1. The van der Waals surface area contributed by atoms with Crippen LogP contribution in [0.2, 0.25) is 0 Å². The third-order valence-electron chi connectivity index (χ3n) is 4.02. The Bertz CT molecular complexity index is 924. The number of halogens is 1. The normalized spacial score (nSPS) is 14.5. The summed E-state index contributed by atoms with van der Waals surface area (Å²) in [6.07, 6.45) is 0.0960. The fraction of sp³-hybridized carbons (Fsp3) is 0.235. The molecule has 1 heterocycles. The van der Waals surface area contributed by atoms with Gasteiger partial charge < -0.3 is 4.74 Å². The molecule has 5 nitrogen and oxygen atoms in total. The van der Waals surface area contributed by atoms with E-state index in [1.54, 1.807) is 12.1 Å². The van der Waals surface area contributed by atoms with E-state index in [1.807, 2.05) is 0 Å². The molecule has 0 amide bonds. The maximum Gasteiger partial charge on any atom is 0.264 e. The predicted molar refractivity (Wildman–Crippen MR) is 87.6 cm³/mol. The topological polar surface area (TPSA) is 63.7 Å². The van der Waals surface area contributed by atoms with Crippen molar-refractivity contribution >= 4 is 21.5 Å². The van der Waals surface area contributed by atoms with Crippen molar-refractivity contribution in [2.24, 2.45) is 0 Å². The van der Waals surface area contributed by atoms with Crippen LogP contribution in [0.15, 0.2) is 41.3 Å². The standard InChI is InChI=1S/C17H16FNO4S/c1-11-9-12(18)3-6-17(11)24(21,22)19-8-7-16(20)14-5-4-13(23-2)10-15(14)19/h3-6,9-10H,7-8H2,1-2H3. The van der Waals surface area contributed by atoms with Gasteiger partial charge in [0, 0.05) is 24.6 Å². The number of rotatable bonds is 3. The van der Waals surface area contributed by atoms with Crippen molar-refractivity contribution in [2.75, 3.05) is 18.0 Å². The van der Waals surface area contributed by atoms with Gasteiger partial charge >= 0.3 is 0 Å². The number of methoxy groups -OCH3 is 1. The van der Waals surface area contributed by atoms with Crippen molar-refractivity contribution in [2.45, 2.75) is 18.2 Å². The maximum absolute atomic E-state index is 13.3. The summed E-state index contributed by atoms with van der Waals surface area (Å²) >= 11 is 0. The van der Waals surface area contributed by atoms with E-state index in [0.717, 1.165) is 6.07 Å². The summed E-state index contributed by atoms with van der Waals surface area (Å²) in [5.41, 5.74) is 0.941. The zero-order chi connectivity index (χ0) is 17.5. The van der Waals surface area contributed by atoms with E-state index in [4.69, 9.17) is 4.74 Å². The van der Waals surface area contributed by atoms with Crippen LogP contribution in [0.5, 0.6) is 5.75 Å². The average molecular weight is 349 g/mol. The number of hydrogen-bond donors (Lipinski definition) is 0. The van der Waals surface area contributed by atoms with Crippen molar-refractivity contribution in [3.05, 3.63) is 53.3 Å². The number of aryl methyl sites for hydroxylation is 1. The second-order valence-corrected chi connectivity index (χ2v) is 7.37. The third-order valence-corrected chi connectivity index (χ3v) is 5.99. The zero-order valence-electron chi connectivity index (χ0n) is 13.2. The zero-order valence-corrected chi connectivity index (χ0v) is 14.1. The number of nitrogens with zero attached hydrogens (tertiary/aromatic N) is 1. The summed E-state index contributed by atoms with van der Waals surface area (Å²) in [6.45, 7) is 1.58. The smallest absolute Gasteiger partial charge is 0.264 e. The molecule has 126 valence electrons. The van der Waals surface area contributed by atoms with E-state index in [2.05, 4.69) is 0 Å². The fourth-order valence-corrected chi connectivity index (χ4v) is 4.49. The summed E-state index contributed by atoms with van der Waals surface area (Å²) in [6, 6.07) is 8.25. The summed E-state index contributed by atoms with van der Waals surface area (Å²) in [5, 5.41) is 0. The molecule has 0 spiro atoms. The number of Topliss-reactive ketones (excluding diaryl/α,β-unsaturated/α-hetero) is 1. The molecule has 2 aromatic carbocycles. The average Bonchev–Trinajstić information content (AvgIpc) is 2.54. The first-order valence-corrected chi connectivity index (χ1v) is 8.79. The van der Waals surface area contributed by atoms with E-state index in [0.29, 0.717) is 16.9 Å². The molecule has 1 aliphatic heterocycles. The van der Waals surface area contributed by atoms with Crippen LogP contribution in [0.4, 0.5) is 10.1 Å². The quantitative estimate of drug-likeness (QED) is 0.855. The molecular weight excluding hydrogens is 333 g/mol. The molecule has 0 saturated carbocycles. The Morgan fingerprint density at radius 2 is 1.92 bits per heavy atom. The molecule has 0 unspecified atom stereocenters. The molecule has 1 aliphatic rings. The second kappa shape index (κ2) is 5.90. The fourth-order valence-electron chi connectivity index (χ4n) is 2.81. The van der Waals surface area contributed by atoms with Gasteiger partial charge in [-0.2, -0.15) is 0 Å². The van der Waals surface area contributed by atoms with Gasteiger partial charge in [0.25, 0.3) is 10.0 Å². The summed E-state index contributed by atoms with van der Waals surface area (Å²) < 4.78 is 45.7. The highest BCUT2D eigenvalue weighted by atomic mass is 32.2. The molecule has 0 radical (unpaired) electrons. The van der Waals surface area contributed by atoms with Crippen molar-refractivity contribution in [1.29, 1.82) is 0 Å². The lowest BCUT2D eigenvalue weighted by Gasteiger charge is -2.30. The van der Waals surface area contributed by atoms with E-state index in [-0.39, 0.29) is 29.3 Å². The molecule has 0 aliphatic carbocycles.